The first-order valence-corrected chi connectivity index (χ1v) is 9.49. The number of likely N-dealkylation sites (tertiary alicyclic amines) is 1. The zero-order valence-electron chi connectivity index (χ0n) is 14.7. The van der Waals surface area contributed by atoms with Crippen LogP contribution in [0.5, 0.6) is 0 Å². The summed E-state index contributed by atoms with van der Waals surface area (Å²) in [7, 11) is 3.89. The fourth-order valence-electron chi connectivity index (χ4n) is 3.80. The highest BCUT2D eigenvalue weighted by Gasteiger charge is 2.34. The van der Waals surface area contributed by atoms with Gasteiger partial charge in [0.05, 0.1) is 11.1 Å². The minimum atomic E-state index is 0.128. The number of nitrogens with zero attached hydrogens (tertiary/aromatic N) is 4. The van der Waals surface area contributed by atoms with Gasteiger partial charge in [-0.1, -0.05) is 13.0 Å². The molecule has 3 heterocycles. The lowest BCUT2D eigenvalue weighted by Crippen LogP contribution is -2.43. The summed E-state index contributed by atoms with van der Waals surface area (Å²) in [6.45, 7) is 5.15. The van der Waals surface area contributed by atoms with Crippen LogP contribution in [0.1, 0.15) is 41.0 Å². The van der Waals surface area contributed by atoms with Gasteiger partial charge in [0.15, 0.2) is 0 Å². The van der Waals surface area contributed by atoms with Crippen molar-refractivity contribution in [2.45, 2.75) is 25.8 Å². The maximum absolute atomic E-state index is 12.6. The van der Waals surface area contributed by atoms with Gasteiger partial charge in [0, 0.05) is 38.4 Å². The first-order chi connectivity index (χ1) is 11.6. The second kappa shape index (κ2) is 7.49. The summed E-state index contributed by atoms with van der Waals surface area (Å²) in [6.07, 6.45) is 6.44. The number of carbonyl (C=O) groups excluding carboxylic acids is 1. The molecule has 1 aliphatic heterocycles. The lowest BCUT2D eigenvalue weighted by Gasteiger charge is -2.42. The lowest BCUT2D eigenvalue weighted by molar-refractivity contribution is 0.0592. The second-order valence-corrected chi connectivity index (χ2v) is 7.53. The van der Waals surface area contributed by atoms with Gasteiger partial charge in [0.2, 0.25) is 0 Å². The number of carbonyl (C=O) groups is 1. The Labute approximate surface area is 147 Å². The van der Waals surface area contributed by atoms with Gasteiger partial charge in [-0.2, -0.15) is 5.10 Å². The minimum absolute atomic E-state index is 0.128. The zero-order valence-corrected chi connectivity index (χ0v) is 15.5. The van der Waals surface area contributed by atoms with E-state index in [4.69, 9.17) is 0 Å². The van der Waals surface area contributed by atoms with Crippen molar-refractivity contribution in [3.05, 3.63) is 40.3 Å². The highest BCUT2D eigenvalue weighted by molar-refractivity contribution is 7.12. The topological polar surface area (TPSA) is 41.4 Å². The van der Waals surface area contributed by atoms with Gasteiger partial charge in [-0.25, -0.2) is 0 Å². The molecule has 2 aromatic rings. The largest absolute Gasteiger partial charge is 0.341 e. The van der Waals surface area contributed by atoms with E-state index in [9.17, 15) is 4.79 Å². The number of amides is 1. The number of aromatic nitrogens is 2. The van der Waals surface area contributed by atoms with E-state index < -0.39 is 0 Å². The van der Waals surface area contributed by atoms with Crippen LogP contribution in [0, 0.1) is 5.92 Å². The summed E-state index contributed by atoms with van der Waals surface area (Å²) in [5.74, 6) is 0.570. The molecular formula is C18H26N4OS. The van der Waals surface area contributed by atoms with Crippen molar-refractivity contribution < 1.29 is 4.79 Å². The predicted octanol–water partition coefficient (Wildman–Crippen LogP) is 3.03. The summed E-state index contributed by atoms with van der Waals surface area (Å²) >= 11 is 1.51. The fraction of sp³-hybridized carbons (Fsp3) is 0.556. The molecule has 24 heavy (non-hydrogen) atoms. The number of thiophene rings is 1. The monoisotopic (exact) mass is 346 g/mol. The van der Waals surface area contributed by atoms with E-state index in [2.05, 4.69) is 23.1 Å². The molecule has 130 valence electrons. The molecule has 1 saturated heterocycles. The van der Waals surface area contributed by atoms with E-state index in [-0.39, 0.29) is 5.91 Å². The molecule has 1 amide bonds. The molecule has 0 saturated carbocycles. The van der Waals surface area contributed by atoms with E-state index in [0.29, 0.717) is 12.0 Å². The Morgan fingerprint density at radius 3 is 2.96 bits per heavy atom. The van der Waals surface area contributed by atoms with Crippen LogP contribution in [-0.2, 0) is 7.05 Å². The third-order valence-corrected chi connectivity index (χ3v) is 5.78. The Morgan fingerprint density at radius 1 is 1.50 bits per heavy atom. The van der Waals surface area contributed by atoms with Gasteiger partial charge in [0.1, 0.15) is 0 Å². The standard InChI is InChI=1S/C18H26N4OS/c1-4-22-9-5-7-14(17(22)15-11-19-21(3)13-15)12-20(2)18(23)16-8-6-10-24-16/h6,8,10-11,13-14,17H,4-5,7,9,12H2,1-3H3/t14-,17+/m0/s1. The molecule has 3 rings (SSSR count). The SMILES string of the molecule is CCN1CCC[C@@H](CN(C)C(=O)c2cccs2)[C@@H]1c1cnn(C)c1. The fourth-order valence-corrected chi connectivity index (χ4v) is 4.51. The summed E-state index contributed by atoms with van der Waals surface area (Å²) in [4.78, 5) is 17.8. The first-order valence-electron chi connectivity index (χ1n) is 8.61. The van der Waals surface area contributed by atoms with E-state index in [1.54, 1.807) is 0 Å². The first kappa shape index (κ1) is 17.2. The predicted molar refractivity (Wildman–Crippen MR) is 97.2 cm³/mol. The molecule has 0 spiro atoms. The summed E-state index contributed by atoms with van der Waals surface area (Å²) in [5, 5.41) is 6.32. The Bertz CT molecular complexity index is 666. The maximum atomic E-state index is 12.6. The molecule has 0 bridgehead atoms. The average molecular weight is 347 g/mol. The summed E-state index contributed by atoms with van der Waals surface area (Å²) < 4.78 is 1.87. The molecule has 1 aliphatic rings. The molecule has 0 N–H and O–H groups in total. The smallest absolute Gasteiger partial charge is 0.263 e. The quantitative estimate of drug-likeness (QED) is 0.836. The van der Waals surface area contributed by atoms with Crippen LogP contribution < -0.4 is 0 Å². The molecule has 1 fully saturated rings. The number of piperidine rings is 1. The average Bonchev–Trinajstić information content (AvgIpc) is 3.25. The second-order valence-electron chi connectivity index (χ2n) is 6.59. The Balaban J connectivity index is 1.77. The van der Waals surface area contributed by atoms with E-state index in [1.165, 1.54) is 23.3 Å². The Hall–Kier alpha value is -1.66. The van der Waals surface area contributed by atoms with Crippen LogP contribution in [0.3, 0.4) is 0 Å². The van der Waals surface area contributed by atoms with Crippen molar-refractivity contribution in [1.29, 1.82) is 0 Å². The number of hydrogen-bond donors (Lipinski definition) is 0. The molecule has 0 aromatic carbocycles. The van der Waals surface area contributed by atoms with Crippen LogP contribution in [-0.4, -0.2) is 52.2 Å². The van der Waals surface area contributed by atoms with Crippen molar-refractivity contribution in [3.8, 4) is 0 Å². The Kier molecular flexibility index (Phi) is 5.36. The van der Waals surface area contributed by atoms with Gasteiger partial charge >= 0.3 is 0 Å². The number of aryl methyl sites for hydroxylation is 1. The van der Waals surface area contributed by atoms with Gasteiger partial charge < -0.3 is 4.90 Å². The maximum Gasteiger partial charge on any atom is 0.263 e. The van der Waals surface area contributed by atoms with Crippen LogP contribution in [0.4, 0.5) is 0 Å². The van der Waals surface area contributed by atoms with Crippen LogP contribution in [0.2, 0.25) is 0 Å². The molecule has 0 radical (unpaired) electrons. The van der Waals surface area contributed by atoms with E-state index in [0.717, 1.165) is 30.9 Å². The number of rotatable bonds is 5. The van der Waals surface area contributed by atoms with Gasteiger partial charge in [-0.3, -0.25) is 14.4 Å². The van der Waals surface area contributed by atoms with Crippen molar-refractivity contribution in [3.63, 3.8) is 0 Å². The van der Waals surface area contributed by atoms with Crippen molar-refractivity contribution in [1.82, 2.24) is 19.6 Å². The van der Waals surface area contributed by atoms with E-state index in [1.807, 2.05) is 47.4 Å². The van der Waals surface area contributed by atoms with Crippen molar-refractivity contribution >= 4 is 17.2 Å². The van der Waals surface area contributed by atoms with Gasteiger partial charge in [-0.15, -0.1) is 11.3 Å². The van der Waals surface area contributed by atoms with Gasteiger partial charge in [-0.05, 0) is 43.3 Å². The van der Waals surface area contributed by atoms with Crippen molar-refractivity contribution in [2.75, 3.05) is 26.7 Å². The molecule has 2 aromatic heterocycles. The molecule has 0 aliphatic carbocycles. The molecule has 2 atom stereocenters. The lowest BCUT2D eigenvalue weighted by atomic mass is 9.85. The molecule has 0 unspecified atom stereocenters. The molecule has 5 nitrogen and oxygen atoms in total. The highest BCUT2D eigenvalue weighted by atomic mass is 32.1. The third kappa shape index (κ3) is 3.54. The highest BCUT2D eigenvalue weighted by Crippen LogP contribution is 2.36. The van der Waals surface area contributed by atoms with E-state index >= 15 is 0 Å². The van der Waals surface area contributed by atoms with Crippen LogP contribution in [0.15, 0.2) is 29.9 Å². The normalized spacial score (nSPS) is 21.8. The van der Waals surface area contributed by atoms with Crippen LogP contribution >= 0.6 is 11.3 Å². The summed E-state index contributed by atoms with van der Waals surface area (Å²) in [6, 6.07) is 4.18. The zero-order chi connectivity index (χ0) is 17.1. The Morgan fingerprint density at radius 2 is 2.33 bits per heavy atom. The molecule has 6 heteroatoms. The van der Waals surface area contributed by atoms with Crippen molar-refractivity contribution in [2.24, 2.45) is 13.0 Å². The minimum Gasteiger partial charge on any atom is -0.341 e. The van der Waals surface area contributed by atoms with Gasteiger partial charge in [0.25, 0.3) is 5.91 Å². The van der Waals surface area contributed by atoms with Crippen LogP contribution in [0.25, 0.3) is 0 Å². The molecular weight excluding hydrogens is 320 g/mol. The third-order valence-electron chi connectivity index (χ3n) is 4.92. The summed E-state index contributed by atoms with van der Waals surface area (Å²) in [5.41, 5.74) is 1.26. The number of hydrogen-bond acceptors (Lipinski definition) is 4.